The van der Waals surface area contributed by atoms with E-state index in [9.17, 15) is 23.1 Å². The Morgan fingerprint density at radius 2 is 2.09 bits per heavy atom. The molecule has 0 atom stereocenters. The monoisotopic (exact) mass is 515 g/mol. The van der Waals surface area contributed by atoms with Crippen LogP contribution in [0.3, 0.4) is 0 Å². The summed E-state index contributed by atoms with van der Waals surface area (Å²) in [5, 5.41) is 23.4. The molecular formula is C19H17ClF3N7O3S. The number of anilines is 2. The number of nitrogens with zero attached hydrogens (tertiary/aromatic N) is 4. The molecule has 180 valence electrons. The van der Waals surface area contributed by atoms with Crippen LogP contribution in [0.1, 0.15) is 11.1 Å². The summed E-state index contributed by atoms with van der Waals surface area (Å²) in [7, 11) is 1.43. The molecule has 0 bridgehead atoms. The van der Waals surface area contributed by atoms with E-state index < -0.39 is 22.7 Å². The number of benzene rings is 2. The first-order chi connectivity index (χ1) is 16.1. The van der Waals surface area contributed by atoms with Crippen LogP contribution in [-0.2, 0) is 11.0 Å². The number of hydrogen-bond donors (Lipinski definition) is 4. The Hall–Kier alpha value is -3.65. The van der Waals surface area contributed by atoms with Crippen molar-refractivity contribution in [1.82, 2.24) is 14.9 Å². The number of phenols is 1. The predicted octanol–water partition coefficient (Wildman–Crippen LogP) is 3.56. The lowest BCUT2D eigenvalue weighted by Gasteiger charge is -2.11. The van der Waals surface area contributed by atoms with E-state index in [2.05, 4.69) is 26.0 Å². The molecule has 2 aromatic carbocycles. The normalized spacial score (nSPS) is 11.6. The summed E-state index contributed by atoms with van der Waals surface area (Å²) < 4.78 is 44.9. The van der Waals surface area contributed by atoms with Gasteiger partial charge in [-0.1, -0.05) is 23.4 Å². The molecule has 0 fully saturated rings. The third-order valence-electron chi connectivity index (χ3n) is 4.13. The maximum Gasteiger partial charge on any atom is 0.417 e. The molecule has 1 aromatic heterocycles. The van der Waals surface area contributed by atoms with E-state index in [-0.39, 0.29) is 28.3 Å². The van der Waals surface area contributed by atoms with E-state index in [1.807, 2.05) is 0 Å². The maximum atomic E-state index is 13.0. The Labute approximate surface area is 199 Å². The quantitative estimate of drug-likeness (QED) is 0.154. The van der Waals surface area contributed by atoms with Gasteiger partial charge >= 0.3 is 6.18 Å². The molecule has 3 aromatic rings. The smallest absolute Gasteiger partial charge is 0.417 e. The highest BCUT2D eigenvalue weighted by Crippen LogP contribution is 2.36. The number of halogens is 4. The number of hydrogen-bond acceptors (Lipinski definition) is 9. The number of aromatic nitrogens is 3. The fourth-order valence-corrected chi connectivity index (χ4v) is 3.43. The number of methoxy groups -OCH3 is 1. The van der Waals surface area contributed by atoms with Crippen molar-refractivity contribution in [3.8, 4) is 11.5 Å². The number of alkyl halides is 3. The van der Waals surface area contributed by atoms with Gasteiger partial charge in [0.2, 0.25) is 11.1 Å². The topological polar surface area (TPSA) is 140 Å². The highest BCUT2D eigenvalue weighted by Gasteiger charge is 2.33. The second kappa shape index (κ2) is 10.5. The number of nitrogen functional groups attached to an aromatic ring is 1. The van der Waals surface area contributed by atoms with E-state index in [4.69, 9.17) is 22.2 Å². The summed E-state index contributed by atoms with van der Waals surface area (Å²) in [6.45, 7) is 0. The summed E-state index contributed by atoms with van der Waals surface area (Å²) in [4.78, 5) is 12.1. The lowest BCUT2D eigenvalue weighted by Crippen LogP contribution is -2.17. The van der Waals surface area contributed by atoms with Gasteiger partial charge in [-0.15, -0.1) is 10.2 Å². The number of carbonyl (C=O) groups excluding carboxylic acids is 1. The van der Waals surface area contributed by atoms with Crippen LogP contribution in [0.15, 0.2) is 46.7 Å². The summed E-state index contributed by atoms with van der Waals surface area (Å²) in [6, 6.07) is 7.73. The number of ether oxygens (including phenoxy) is 1. The van der Waals surface area contributed by atoms with Crippen molar-refractivity contribution in [2.45, 2.75) is 11.3 Å². The molecule has 0 aliphatic carbocycles. The molecule has 0 unspecified atom stereocenters. The van der Waals surface area contributed by atoms with Crippen LogP contribution >= 0.6 is 23.4 Å². The Balaban J connectivity index is 1.56. The first-order valence-electron chi connectivity index (χ1n) is 9.24. The van der Waals surface area contributed by atoms with Gasteiger partial charge in [-0.25, -0.2) is 10.1 Å². The Morgan fingerprint density at radius 3 is 2.76 bits per heavy atom. The predicted molar refractivity (Wildman–Crippen MR) is 122 cm³/mol. The van der Waals surface area contributed by atoms with E-state index in [1.165, 1.54) is 25.5 Å². The zero-order valence-corrected chi connectivity index (χ0v) is 18.9. The Morgan fingerprint density at radius 1 is 1.32 bits per heavy atom. The third kappa shape index (κ3) is 6.23. The first-order valence-corrected chi connectivity index (χ1v) is 10.6. The summed E-state index contributed by atoms with van der Waals surface area (Å²) in [5.74, 6) is 5.40. The van der Waals surface area contributed by atoms with E-state index >= 15 is 0 Å². The number of aromatic hydroxyl groups is 1. The number of nitrogens with one attached hydrogen (secondary N) is 2. The van der Waals surface area contributed by atoms with Crippen LogP contribution in [-0.4, -0.2) is 45.0 Å². The minimum atomic E-state index is -4.65. The molecule has 0 radical (unpaired) electrons. The molecule has 0 aliphatic rings. The van der Waals surface area contributed by atoms with Gasteiger partial charge < -0.3 is 21.0 Å². The second-order valence-corrected chi connectivity index (χ2v) is 7.86. The van der Waals surface area contributed by atoms with Gasteiger partial charge in [0.25, 0.3) is 5.95 Å². The van der Waals surface area contributed by atoms with Crippen LogP contribution < -0.4 is 21.3 Å². The number of carbonyl (C=O) groups is 1. The van der Waals surface area contributed by atoms with Crippen LogP contribution in [0, 0.1) is 0 Å². The van der Waals surface area contributed by atoms with Crippen molar-refractivity contribution in [2.24, 2.45) is 5.10 Å². The largest absolute Gasteiger partial charge is 0.504 e. The molecule has 5 N–H and O–H groups in total. The Kier molecular flexibility index (Phi) is 7.73. The van der Waals surface area contributed by atoms with E-state index in [0.717, 1.165) is 28.6 Å². The molecule has 10 nitrogen and oxygen atoms in total. The van der Waals surface area contributed by atoms with E-state index in [0.29, 0.717) is 11.3 Å². The number of thioether (sulfide) groups is 1. The number of amides is 1. The number of hydrazone groups is 1. The van der Waals surface area contributed by atoms with Gasteiger partial charge in [0.05, 0.1) is 29.7 Å². The van der Waals surface area contributed by atoms with Crippen molar-refractivity contribution < 1.29 is 27.8 Å². The SMILES string of the molecule is COc1ccc(/C=N/Nc2nnc(SCC(=O)Nc3ccc(Cl)c(C(F)(F)F)c3)n2N)cc1O. The molecule has 3 rings (SSSR count). The lowest BCUT2D eigenvalue weighted by atomic mass is 10.2. The summed E-state index contributed by atoms with van der Waals surface area (Å²) in [6.07, 6.45) is -3.25. The van der Waals surface area contributed by atoms with Gasteiger partial charge in [0.1, 0.15) is 0 Å². The molecule has 15 heteroatoms. The minimum absolute atomic E-state index is 0.0568. The Bertz CT molecular complexity index is 1220. The fourth-order valence-electron chi connectivity index (χ4n) is 2.55. The van der Waals surface area contributed by atoms with Crippen molar-refractivity contribution >= 4 is 47.1 Å². The molecule has 0 aliphatic heterocycles. The first kappa shape index (κ1) is 25.0. The van der Waals surface area contributed by atoms with Crippen LogP contribution in [0.5, 0.6) is 11.5 Å². The molecule has 1 amide bonds. The third-order valence-corrected chi connectivity index (χ3v) is 5.41. The maximum absolute atomic E-state index is 13.0. The van der Waals surface area contributed by atoms with Crippen molar-refractivity contribution in [2.75, 3.05) is 29.4 Å². The van der Waals surface area contributed by atoms with Crippen molar-refractivity contribution in [3.63, 3.8) is 0 Å². The molecule has 1 heterocycles. The van der Waals surface area contributed by atoms with Crippen molar-refractivity contribution in [1.29, 1.82) is 0 Å². The molecule has 0 saturated heterocycles. The fraction of sp³-hybridized carbons (Fsp3) is 0.158. The number of phenolic OH excluding ortho intramolecular Hbond substituents is 1. The van der Waals surface area contributed by atoms with Crippen LogP contribution in [0.4, 0.5) is 24.8 Å². The zero-order valence-electron chi connectivity index (χ0n) is 17.3. The van der Waals surface area contributed by atoms with Crippen LogP contribution in [0.2, 0.25) is 5.02 Å². The summed E-state index contributed by atoms with van der Waals surface area (Å²) >= 11 is 6.48. The highest BCUT2D eigenvalue weighted by molar-refractivity contribution is 7.99. The molecule has 34 heavy (non-hydrogen) atoms. The van der Waals surface area contributed by atoms with Gasteiger partial charge in [-0.3, -0.25) is 4.79 Å². The molecular weight excluding hydrogens is 499 g/mol. The van der Waals surface area contributed by atoms with Gasteiger partial charge in [0, 0.05) is 5.69 Å². The highest BCUT2D eigenvalue weighted by atomic mass is 35.5. The van der Waals surface area contributed by atoms with Crippen LogP contribution in [0.25, 0.3) is 0 Å². The van der Waals surface area contributed by atoms with Crippen molar-refractivity contribution in [3.05, 3.63) is 52.5 Å². The molecule has 0 spiro atoms. The lowest BCUT2D eigenvalue weighted by molar-refractivity contribution is -0.137. The zero-order chi connectivity index (χ0) is 24.9. The van der Waals surface area contributed by atoms with Gasteiger partial charge in [0.15, 0.2) is 11.5 Å². The average Bonchev–Trinajstić information content (AvgIpc) is 3.12. The second-order valence-electron chi connectivity index (χ2n) is 6.51. The average molecular weight is 516 g/mol. The number of nitrogens with two attached hydrogens (primary N) is 1. The van der Waals surface area contributed by atoms with Gasteiger partial charge in [-0.05, 0) is 42.0 Å². The molecule has 0 saturated carbocycles. The van der Waals surface area contributed by atoms with E-state index in [1.54, 1.807) is 12.1 Å². The minimum Gasteiger partial charge on any atom is -0.504 e. The van der Waals surface area contributed by atoms with Gasteiger partial charge in [-0.2, -0.15) is 18.3 Å². The summed E-state index contributed by atoms with van der Waals surface area (Å²) in [5.41, 5.74) is 2.03. The number of rotatable bonds is 8. The standard InChI is InChI=1S/C19H17ClF3N7O3S/c1-33-15-5-2-10(6-14(15)31)8-25-27-17-28-29-18(30(17)24)34-9-16(32)26-11-3-4-13(20)12(7-11)19(21,22)23/h2-8,31H,9,24H2,1H3,(H,26,32)(H,27,28)/b25-8+.